The summed E-state index contributed by atoms with van der Waals surface area (Å²) in [7, 11) is 0. The molecule has 6 nitrogen and oxygen atoms in total. The number of amides is 1. The monoisotopic (exact) mass is 478 g/mol. The minimum Gasteiger partial charge on any atom is -0.508 e. The van der Waals surface area contributed by atoms with Crippen molar-refractivity contribution < 1.29 is 9.90 Å². The van der Waals surface area contributed by atoms with E-state index in [2.05, 4.69) is 27.2 Å². The first kappa shape index (κ1) is 21.9. The Bertz CT molecular complexity index is 568. The molecular weight excluding hydrogens is 451 g/mol. The summed E-state index contributed by atoms with van der Waals surface area (Å²) >= 11 is 1.91. The molecule has 1 aliphatic rings. The van der Waals surface area contributed by atoms with Crippen LogP contribution in [0.4, 0.5) is 5.69 Å². The van der Waals surface area contributed by atoms with Crippen LogP contribution in [0.2, 0.25) is 0 Å². The Balaban J connectivity index is 0.00000312. The van der Waals surface area contributed by atoms with Crippen LogP contribution in [-0.2, 0) is 4.79 Å². The van der Waals surface area contributed by atoms with Crippen LogP contribution in [0.15, 0.2) is 29.3 Å². The summed E-state index contributed by atoms with van der Waals surface area (Å²) in [5.41, 5.74) is 0.643. The maximum absolute atomic E-state index is 12.0. The number of rotatable bonds is 6. The van der Waals surface area contributed by atoms with Crippen molar-refractivity contribution in [2.75, 3.05) is 24.7 Å². The number of carbonyl (C=O) groups is 1. The SMILES string of the molecule is CCNC(=NCC(=O)Nc1ccc(O)cc1)NC1CCC(SC)C1.I. The molecule has 8 heteroatoms. The van der Waals surface area contributed by atoms with E-state index in [1.807, 2.05) is 18.7 Å². The number of guanidine groups is 1. The fourth-order valence-electron chi connectivity index (χ4n) is 2.69. The first-order chi connectivity index (χ1) is 11.6. The molecule has 0 saturated heterocycles. The van der Waals surface area contributed by atoms with E-state index in [0.717, 1.165) is 19.4 Å². The summed E-state index contributed by atoms with van der Waals surface area (Å²) in [5.74, 6) is 0.668. The second-order valence-electron chi connectivity index (χ2n) is 5.80. The number of phenols is 1. The summed E-state index contributed by atoms with van der Waals surface area (Å²) in [5, 5.41) is 19.3. The molecule has 0 spiro atoms. The van der Waals surface area contributed by atoms with E-state index in [0.29, 0.717) is 22.9 Å². The van der Waals surface area contributed by atoms with Crippen LogP contribution in [-0.4, -0.2) is 47.6 Å². The number of nitrogens with zero attached hydrogens (tertiary/aromatic N) is 1. The van der Waals surface area contributed by atoms with Crippen molar-refractivity contribution in [3.05, 3.63) is 24.3 Å². The van der Waals surface area contributed by atoms with Gasteiger partial charge in [0.2, 0.25) is 5.91 Å². The number of hydrogen-bond donors (Lipinski definition) is 4. The summed E-state index contributed by atoms with van der Waals surface area (Å²) in [4.78, 5) is 16.4. The van der Waals surface area contributed by atoms with Crippen molar-refractivity contribution >= 4 is 53.3 Å². The van der Waals surface area contributed by atoms with Crippen LogP contribution < -0.4 is 16.0 Å². The number of benzene rings is 1. The van der Waals surface area contributed by atoms with Gasteiger partial charge in [-0.25, -0.2) is 4.99 Å². The Labute approximate surface area is 170 Å². The van der Waals surface area contributed by atoms with Crippen LogP contribution in [0.1, 0.15) is 26.2 Å². The molecule has 1 aromatic rings. The van der Waals surface area contributed by atoms with Crippen molar-refractivity contribution in [1.29, 1.82) is 0 Å². The zero-order valence-electron chi connectivity index (χ0n) is 14.6. The lowest BCUT2D eigenvalue weighted by Gasteiger charge is -2.17. The molecule has 4 N–H and O–H groups in total. The Morgan fingerprint density at radius 3 is 2.64 bits per heavy atom. The summed E-state index contributed by atoms with van der Waals surface area (Å²) < 4.78 is 0. The van der Waals surface area contributed by atoms with Crippen molar-refractivity contribution in [2.24, 2.45) is 4.99 Å². The molecule has 0 bridgehead atoms. The van der Waals surface area contributed by atoms with Crippen molar-refractivity contribution in [3.63, 3.8) is 0 Å². The van der Waals surface area contributed by atoms with E-state index in [9.17, 15) is 9.90 Å². The lowest BCUT2D eigenvalue weighted by atomic mass is 10.2. The van der Waals surface area contributed by atoms with Crippen LogP contribution in [0, 0.1) is 0 Å². The maximum Gasteiger partial charge on any atom is 0.246 e. The molecule has 1 saturated carbocycles. The Morgan fingerprint density at radius 2 is 2.04 bits per heavy atom. The Morgan fingerprint density at radius 1 is 1.32 bits per heavy atom. The number of carbonyl (C=O) groups excluding carboxylic acids is 1. The first-order valence-electron chi connectivity index (χ1n) is 8.27. The normalized spacial score (nSPS) is 19.8. The van der Waals surface area contributed by atoms with Crippen LogP contribution in [0.5, 0.6) is 5.75 Å². The second-order valence-corrected chi connectivity index (χ2v) is 6.94. The average Bonchev–Trinajstić information content (AvgIpc) is 3.03. The average molecular weight is 478 g/mol. The predicted octanol–water partition coefficient (Wildman–Crippen LogP) is 2.79. The molecule has 2 atom stereocenters. The first-order valence-corrected chi connectivity index (χ1v) is 9.56. The molecule has 1 aromatic carbocycles. The smallest absolute Gasteiger partial charge is 0.246 e. The molecule has 25 heavy (non-hydrogen) atoms. The minimum absolute atomic E-state index is 0. The fourth-order valence-corrected chi connectivity index (χ4v) is 3.49. The van der Waals surface area contributed by atoms with Crippen LogP contribution in [0.3, 0.4) is 0 Å². The van der Waals surface area contributed by atoms with Gasteiger partial charge in [-0.15, -0.1) is 24.0 Å². The molecule has 2 rings (SSSR count). The van der Waals surface area contributed by atoms with E-state index in [-0.39, 0.29) is 42.2 Å². The highest BCUT2D eigenvalue weighted by atomic mass is 127. The third-order valence-corrected chi connectivity index (χ3v) is 5.03. The molecule has 1 aliphatic carbocycles. The van der Waals surface area contributed by atoms with Gasteiger partial charge in [0, 0.05) is 23.5 Å². The minimum atomic E-state index is -0.189. The van der Waals surface area contributed by atoms with Gasteiger partial charge in [-0.2, -0.15) is 11.8 Å². The van der Waals surface area contributed by atoms with Gasteiger partial charge in [0.05, 0.1) is 0 Å². The maximum atomic E-state index is 12.0. The quantitative estimate of drug-likeness (QED) is 0.219. The van der Waals surface area contributed by atoms with Crippen molar-refractivity contribution in [2.45, 2.75) is 37.5 Å². The topological polar surface area (TPSA) is 85.8 Å². The molecule has 1 fully saturated rings. The van der Waals surface area contributed by atoms with Gasteiger partial charge in [0.1, 0.15) is 12.3 Å². The number of hydrogen-bond acceptors (Lipinski definition) is 4. The third-order valence-electron chi connectivity index (χ3n) is 3.93. The molecular formula is C17H27IN4O2S. The predicted molar refractivity (Wildman–Crippen MR) is 116 cm³/mol. The van der Waals surface area contributed by atoms with E-state index >= 15 is 0 Å². The van der Waals surface area contributed by atoms with Gasteiger partial charge in [0.25, 0.3) is 0 Å². The van der Waals surface area contributed by atoms with E-state index in [1.165, 1.54) is 18.6 Å². The lowest BCUT2D eigenvalue weighted by molar-refractivity contribution is -0.114. The number of aliphatic imine (C=N–C) groups is 1. The number of aromatic hydroxyl groups is 1. The highest BCUT2D eigenvalue weighted by molar-refractivity contribution is 14.0. The number of nitrogens with one attached hydrogen (secondary N) is 3. The zero-order chi connectivity index (χ0) is 17.4. The highest BCUT2D eigenvalue weighted by Crippen LogP contribution is 2.28. The van der Waals surface area contributed by atoms with E-state index in [4.69, 9.17) is 0 Å². The van der Waals surface area contributed by atoms with Crippen molar-refractivity contribution in [1.82, 2.24) is 10.6 Å². The molecule has 0 radical (unpaired) electrons. The molecule has 0 heterocycles. The number of anilines is 1. The van der Waals surface area contributed by atoms with Crippen LogP contribution in [0.25, 0.3) is 0 Å². The van der Waals surface area contributed by atoms with E-state index < -0.39 is 0 Å². The van der Waals surface area contributed by atoms with Gasteiger partial charge >= 0.3 is 0 Å². The molecule has 0 aliphatic heterocycles. The molecule has 1 amide bonds. The Hall–Kier alpha value is -1.16. The number of phenolic OH excluding ortho intramolecular Hbond substituents is 1. The third kappa shape index (κ3) is 7.72. The largest absolute Gasteiger partial charge is 0.508 e. The number of halogens is 1. The van der Waals surface area contributed by atoms with Gasteiger partial charge in [-0.3, -0.25) is 4.79 Å². The summed E-state index contributed by atoms with van der Waals surface area (Å²) in [6, 6.07) is 6.79. The Kier molecular flexibility index (Phi) is 10.0. The molecule has 140 valence electrons. The second kappa shape index (κ2) is 11.5. The highest BCUT2D eigenvalue weighted by Gasteiger charge is 2.24. The fraction of sp³-hybridized carbons (Fsp3) is 0.529. The summed E-state index contributed by atoms with van der Waals surface area (Å²) in [6.07, 6.45) is 5.64. The molecule has 0 aromatic heterocycles. The van der Waals surface area contributed by atoms with Crippen LogP contribution >= 0.6 is 35.7 Å². The summed E-state index contributed by atoms with van der Waals surface area (Å²) in [6.45, 7) is 2.81. The van der Waals surface area contributed by atoms with Gasteiger partial charge < -0.3 is 21.1 Å². The lowest BCUT2D eigenvalue weighted by Crippen LogP contribution is -2.43. The van der Waals surface area contributed by atoms with Crippen molar-refractivity contribution in [3.8, 4) is 5.75 Å². The molecule has 2 unspecified atom stereocenters. The standard InChI is InChI=1S/C17H26N4O2S.HI/c1-3-18-17(21-13-6-9-15(10-13)24-2)19-11-16(23)20-12-4-7-14(22)8-5-12;/h4-5,7-8,13,15,22H,3,6,9-11H2,1-2H3,(H,20,23)(H2,18,19,21);1H. The zero-order valence-corrected chi connectivity index (χ0v) is 17.8. The number of thioether (sulfide) groups is 1. The van der Waals surface area contributed by atoms with Gasteiger partial charge in [0.15, 0.2) is 5.96 Å². The van der Waals surface area contributed by atoms with E-state index in [1.54, 1.807) is 12.1 Å². The van der Waals surface area contributed by atoms with Gasteiger partial charge in [-0.1, -0.05) is 0 Å². The van der Waals surface area contributed by atoms with Gasteiger partial charge in [-0.05, 0) is 56.7 Å².